The fourth-order valence-corrected chi connectivity index (χ4v) is 3.45. The van der Waals surface area contributed by atoms with Crippen molar-refractivity contribution in [2.45, 2.75) is 6.42 Å². The molecule has 6 nitrogen and oxygen atoms in total. The van der Waals surface area contributed by atoms with E-state index in [1.54, 1.807) is 13.2 Å². The molecule has 0 fully saturated rings. The fourth-order valence-electron chi connectivity index (χ4n) is 3.45. The summed E-state index contributed by atoms with van der Waals surface area (Å²) in [6, 6.07) is 12.4. The largest absolute Gasteiger partial charge is 0.493 e. The molecule has 0 aromatic heterocycles. The van der Waals surface area contributed by atoms with Gasteiger partial charge in [0.25, 0.3) is 0 Å². The summed E-state index contributed by atoms with van der Waals surface area (Å²) in [4.78, 5) is 2.13. The third kappa shape index (κ3) is 4.00. The average Bonchev–Trinajstić information content (AvgIpc) is 3.24. The van der Waals surface area contributed by atoms with Crippen LogP contribution in [0.25, 0.3) is 22.0 Å². The van der Waals surface area contributed by atoms with E-state index >= 15 is 0 Å². The van der Waals surface area contributed by atoms with Crippen molar-refractivity contribution < 1.29 is 13.9 Å². The van der Waals surface area contributed by atoms with Gasteiger partial charge in [0.1, 0.15) is 11.6 Å². The van der Waals surface area contributed by atoms with Gasteiger partial charge in [0.2, 0.25) is 0 Å². The molecule has 4 rings (SSSR count). The minimum atomic E-state index is -0.282. The summed E-state index contributed by atoms with van der Waals surface area (Å²) in [7, 11) is 5.74. The molecule has 0 saturated heterocycles. The van der Waals surface area contributed by atoms with Gasteiger partial charge in [-0.3, -0.25) is 10.2 Å². The zero-order valence-corrected chi connectivity index (χ0v) is 16.8. The Labute approximate surface area is 168 Å². The smallest absolute Gasteiger partial charge is 0.161 e. The monoisotopic (exact) mass is 396 g/mol. The molecule has 29 heavy (non-hydrogen) atoms. The maximum Gasteiger partial charge on any atom is 0.161 e. The summed E-state index contributed by atoms with van der Waals surface area (Å²) in [5, 5.41) is 11.6. The van der Waals surface area contributed by atoms with Crippen LogP contribution in [0.3, 0.4) is 0 Å². The minimum absolute atomic E-state index is 0.282. The van der Waals surface area contributed by atoms with E-state index in [9.17, 15) is 4.39 Å². The van der Waals surface area contributed by atoms with E-state index in [4.69, 9.17) is 9.47 Å². The molecule has 0 saturated carbocycles. The van der Waals surface area contributed by atoms with E-state index in [2.05, 4.69) is 26.5 Å². The van der Waals surface area contributed by atoms with E-state index in [-0.39, 0.29) is 5.82 Å². The molecule has 152 valence electrons. The normalized spacial score (nSPS) is 11.5. The predicted octanol–water partition coefficient (Wildman–Crippen LogP) is 4.82. The van der Waals surface area contributed by atoms with Gasteiger partial charge >= 0.3 is 0 Å². The summed E-state index contributed by atoms with van der Waals surface area (Å²) >= 11 is 0. The summed E-state index contributed by atoms with van der Waals surface area (Å²) in [5.74, 6) is 1.92. The van der Waals surface area contributed by atoms with Gasteiger partial charge in [0.15, 0.2) is 11.5 Å². The number of methoxy groups -OCH3 is 1. The maximum atomic E-state index is 13.5. The lowest BCUT2D eigenvalue weighted by molar-refractivity contribution is 0.268. The Morgan fingerprint density at radius 3 is 2.69 bits per heavy atom. The fraction of sp³-hybridized carbons (Fsp3) is 0.273. The molecule has 2 aromatic carbocycles. The van der Waals surface area contributed by atoms with Gasteiger partial charge in [-0.25, -0.2) is 4.39 Å². The average molecular weight is 396 g/mol. The zero-order valence-electron chi connectivity index (χ0n) is 16.8. The number of nitrogens with zero attached hydrogens (tertiary/aromatic N) is 1. The lowest BCUT2D eigenvalue weighted by Gasteiger charge is -2.13. The van der Waals surface area contributed by atoms with Crippen LogP contribution in [0.2, 0.25) is 0 Å². The maximum absolute atomic E-state index is 13.5. The van der Waals surface area contributed by atoms with Crippen LogP contribution in [0.15, 0.2) is 42.5 Å². The highest BCUT2D eigenvalue weighted by Gasteiger charge is 2.19. The van der Waals surface area contributed by atoms with Gasteiger partial charge in [-0.05, 0) is 62.3 Å². The Morgan fingerprint density at radius 2 is 1.93 bits per heavy atom. The van der Waals surface area contributed by atoms with Crippen LogP contribution in [0.1, 0.15) is 6.42 Å². The van der Waals surface area contributed by atoms with Crippen LogP contribution in [0, 0.1) is 5.82 Å². The lowest BCUT2D eigenvalue weighted by atomic mass is 10.2. The molecule has 2 aromatic rings. The van der Waals surface area contributed by atoms with Crippen LogP contribution in [-0.2, 0) is 0 Å². The van der Waals surface area contributed by atoms with Gasteiger partial charge in [0.05, 0.1) is 19.4 Å². The number of aromatic amines is 2. The first kappa shape index (κ1) is 19.1. The Bertz CT molecular complexity index is 1090. The molecule has 0 unspecified atom stereocenters. The summed E-state index contributed by atoms with van der Waals surface area (Å²) in [6.45, 7) is 1.59. The number of benzene rings is 2. The molecular formula is C22H25FN4O2. The number of aromatic nitrogens is 2. The molecule has 0 amide bonds. The van der Waals surface area contributed by atoms with Gasteiger partial charge in [-0.1, -0.05) is 6.07 Å². The molecule has 1 heterocycles. The Morgan fingerprint density at radius 1 is 1.07 bits per heavy atom. The molecule has 0 bridgehead atoms. The van der Waals surface area contributed by atoms with E-state index in [1.807, 2.05) is 32.3 Å². The number of rotatable bonds is 8. The van der Waals surface area contributed by atoms with E-state index in [0.717, 1.165) is 46.6 Å². The van der Waals surface area contributed by atoms with Crippen molar-refractivity contribution in [3.63, 3.8) is 0 Å². The topological polar surface area (TPSA) is 65.3 Å². The first-order chi connectivity index (χ1) is 14.0. The standard InChI is InChI=1S/C22H25FN4O2/c1-27(2)8-5-9-29-20-11-14-10-18-21(17(14)13-19(20)28-3)25-26-22(18)24-16-7-4-6-15(23)12-16/h4,6-7,10-13,24-26H,5,8-9H2,1-3H3. The SMILES string of the molecule is COc1cc2c3[nH][nH]c(Nc4cccc(F)c4)c-3cc2cc1OCCCN(C)C. The van der Waals surface area contributed by atoms with Crippen molar-refractivity contribution in [2.75, 3.05) is 39.7 Å². The van der Waals surface area contributed by atoms with Crippen molar-refractivity contribution in [2.24, 2.45) is 0 Å². The first-order valence-electron chi connectivity index (χ1n) is 9.56. The molecule has 7 heteroatoms. The van der Waals surface area contributed by atoms with Crippen LogP contribution in [0.4, 0.5) is 15.9 Å². The van der Waals surface area contributed by atoms with Gasteiger partial charge in [-0.2, -0.15) is 0 Å². The number of hydrogen-bond donors (Lipinski definition) is 3. The van der Waals surface area contributed by atoms with Gasteiger partial charge in [0, 0.05) is 23.2 Å². The van der Waals surface area contributed by atoms with E-state index in [1.165, 1.54) is 12.1 Å². The molecule has 1 aliphatic heterocycles. The number of anilines is 2. The van der Waals surface area contributed by atoms with E-state index < -0.39 is 0 Å². The molecule has 1 aliphatic carbocycles. The van der Waals surface area contributed by atoms with E-state index in [0.29, 0.717) is 18.0 Å². The van der Waals surface area contributed by atoms with Crippen molar-refractivity contribution in [3.8, 4) is 22.8 Å². The lowest BCUT2D eigenvalue weighted by Crippen LogP contribution is -2.15. The number of H-pyrrole nitrogens is 2. The first-order valence-corrected chi connectivity index (χ1v) is 9.56. The van der Waals surface area contributed by atoms with Crippen molar-refractivity contribution in [1.82, 2.24) is 15.1 Å². The quantitative estimate of drug-likeness (QED) is 0.374. The highest BCUT2D eigenvalue weighted by Crippen LogP contribution is 2.42. The van der Waals surface area contributed by atoms with Crippen molar-refractivity contribution >= 4 is 22.3 Å². The third-order valence-corrected chi connectivity index (χ3v) is 4.86. The molecule has 2 aliphatic rings. The third-order valence-electron chi connectivity index (χ3n) is 4.86. The number of halogens is 1. The van der Waals surface area contributed by atoms with Crippen molar-refractivity contribution in [1.29, 1.82) is 0 Å². The number of ether oxygens (including phenoxy) is 2. The summed E-state index contributed by atoms with van der Waals surface area (Å²) in [6.07, 6.45) is 0.937. The Balaban J connectivity index is 1.62. The molecule has 3 N–H and O–H groups in total. The Hall–Kier alpha value is -3.19. The zero-order chi connectivity index (χ0) is 20.4. The number of hydrogen-bond acceptors (Lipinski definition) is 4. The van der Waals surface area contributed by atoms with Crippen LogP contribution in [0.5, 0.6) is 11.5 Å². The Kier molecular flexibility index (Phi) is 5.31. The molecule has 0 spiro atoms. The molecule has 0 atom stereocenters. The second-order valence-electron chi connectivity index (χ2n) is 7.29. The molecular weight excluding hydrogens is 371 g/mol. The van der Waals surface area contributed by atoms with Crippen LogP contribution >= 0.6 is 0 Å². The number of nitrogens with one attached hydrogen (secondary N) is 3. The molecule has 0 radical (unpaired) electrons. The van der Waals surface area contributed by atoms with Crippen LogP contribution in [-0.4, -0.2) is 49.5 Å². The second kappa shape index (κ2) is 8.05. The minimum Gasteiger partial charge on any atom is -0.493 e. The van der Waals surface area contributed by atoms with Crippen molar-refractivity contribution in [3.05, 3.63) is 48.3 Å². The summed E-state index contributed by atoms with van der Waals surface area (Å²) in [5.41, 5.74) is 2.61. The van der Waals surface area contributed by atoms with Crippen LogP contribution < -0.4 is 14.8 Å². The highest BCUT2D eigenvalue weighted by atomic mass is 19.1. The second-order valence-corrected chi connectivity index (χ2v) is 7.29. The predicted molar refractivity (Wildman–Crippen MR) is 114 cm³/mol. The highest BCUT2D eigenvalue weighted by molar-refractivity contribution is 6.05. The van der Waals surface area contributed by atoms with Gasteiger partial charge < -0.3 is 19.7 Å². The summed E-state index contributed by atoms with van der Waals surface area (Å²) < 4.78 is 25.0. The van der Waals surface area contributed by atoms with Gasteiger partial charge in [-0.15, -0.1) is 0 Å². The number of fused-ring (bicyclic) bond motifs is 3.